The topological polar surface area (TPSA) is 58.1 Å². The molecule has 0 spiro atoms. The summed E-state index contributed by atoms with van der Waals surface area (Å²) in [5, 5.41) is 2.81. The van der Waals surface area contributed by atoms with Crippen LogP contribution in [-0.4, -0.2) is 34.4 Å². The lowest BCUT2D eigenvalue weighted by molar-refractivity contribution is -0.137. The number of amides is 1. The summed E-state index contributed by atoms with van der Waals surface area (Å²) in [5.41, 5.74) is -0.656. The van der Waals surface area contributed by atoms with E-state index in [1.165, 1.54) is 17.3 Å². The maximum atomic E-state index is 12.9. The van der Waals surface area contributed by atoms with Gasteiger partial charge in [-0.1, -0.05) is 24.9 Å². The zero-order valence-corrected chi connectivity index (χ0v) is 15.0. The Labute approximate surface area is 154 Å². The molecule has 0 atom stereocenters. The zero-order chi connectivity index (χ0) is 19.3. The fourth-order valence-electron chi connectivity index (χ4n) is 2.17. The van der Waals surface area contributed by atoms with Crippen molar-refractivity contribution in [2.24, 2.45) is 0 Å². The molecule has 26 heavy (non-hydrogen) atoms. The van der Waals surface area contributed by atoms with Gasteiger partial charge in [-0.25, -0.2) is 9.97 Å². The number of hydrogen-bond donors (Lipinski definition) is 1. The van der Waals surface area contributed by atoms with Crippen molar-refractivity contribution in [3.63, 3.8) is 0 Å². The van der Waals surface area contributed by atoms with Gasteiger partial charge in [0, 0.05) is 19.7 Å². The van der Waals surface area contributed by atoms with Crippen molar-refractivity contribution in [2.75, 3.05) is 18.9 Å². The Balaban J connectivity index is 2.22. The minimum Gasteiger partial charge on any atom is -0.340 e. The molecule has 1 aromatic carbocycles. The number of carbonyl (C=O) groups is 1. The first-order chi connectivity index (χ1) is 12.2. The molecule has 1 aromatic heterocycles. The first-order valence-electron chi connectivity index (χ1n) is 7.93. The second-order valence-electron chi connectivity index (χ2n) is 5.69. The van der Waals surface area contributed by atoms with E-state index in [1.807, 2.05) is 6.92 Å². The second kappa shape index (κ2) is 8.35. The van der Waals surface area contributed by atoms with Gasteiger partial charge >= 0.3 is 6.18 Å². The lowest BCUT2D eigenvalue weighted by Crippen LogP contribution is -2.28. The molecule has 2 rings (SSSR count). The van der Waals surface area contributed by atoms with Crippen LogP contribution >= 0.6 is 11.6 Å². The molecule has 0 aliphatic heterocycles. The Morgan fingerprint density at radius 1 is 1.27 bits per heavy atom. The summed E-state index contributed by atoms with van der Waals surface area (Å²) >= 11 is 5.96. The third-order valence-corrected chi connectivity index (χ3v) is 3.97. The molecule has 0 aliphatic rings. The van der Waals surface area contributed by atoms with Crippen LogP contribution in [-0.2, 0) is 6.18 Å². The Morgan fingerprint density at radius 2 is 2.00 bits per heavy atom. The van der Waals surface area contributed by atoms with Gasteiger partial charge in [-0.15, -0.1) is 0 Å². The number of halogens is 4. The van der Waals surface area contributed by atoms with Crippen molar-refractivity contribution in [1.82, 2.24) is 14.9 Å². The highest BCUT2D eigenvalue weighted by molar-refractivity contribution is 6.33. The first kappa shape index (κ1) is 20.0. The average Bonchev–Trinajstić information content (AvgIpc) is 2.60. The van der Waals surface area contributed by atoms with Crippen LogP contribution in [0.3, 0.4) is 0 Å². The lowest BCUT2D eigenvalue weighted by atomic mass is 10.2. The van der Waals surface area contributed by atoms with Crippen LogP contribution in [0.15, 0.2) is 30.6 Å². The van der Waals surface area contributed by atoms with Crippen LogP contribution in [0.4, 0.5) is 24.7 Å². The number of rotatable bonds is 6. The number of alkyl halides is 3. The average molecular weight is 387 g/mol. The third-order valence-electron chi connectivity index (χ3n) is 3.64. The second-order valence-corrected chi connectivity index (χ2v) is 6.09. The van der Waals surface area contributed by atoms with Crippen molar-refractivity contribution in [1.29, 1.82) is 0 Å². The van der Waals surface area contributed by atoms with Crippen LogP contribution in [0, 0.1) is 0 Å². The molecule has 1 amide bonds. The largest absolute Gasteiger partial charge is 0.416 e. The molecule has 0 bridgehead atoms. The molecule has 0 fully saturated rings. The predicted octanol–water partition coefficient (Wildman–Crippen LogP) is 4.76. The number of carbonyl (C=O) groups excluding carboxylic acids is 1. The fraction of sp³-hybridized carbons (Fsp3) is 0.353. The Hall–Kier alpha value is -2.35. The lowest BCUT2D eigenvalue weighted by Gasteiger charge is -2.16. The van der Waals surface area contributed by atoms with E-state index in [0.29, 0.717) is 6.54 Å². The molecular weight excluding hydrogens is 369 g/mol. The molecule has 2 aromatic rings. The van der Waals surface area contributed by atoms with Crippen LogP contribution in [0.25, 0.3) is 0 Å². The molecule has 1 N–H and O–H groups in total. The normalized spacial score (nSPS) is 11.3. The summed E-state index contributed by atoms with van der Waals surface area (Å²) in [6.45, 7) is 2.60. The van der Waals surface area contributed by atoms with E-state index in [1.54, 1.807) is 7.05 Å². The smallest absolute Gasteiger partial charge is 0.340 e. The van der Waals surface area contributed by atoms with Crippen LogP contribution < -0.4 is 5.32 Å². The number of hydrogen-bond acceptors (Lipinski definition) is 4. The van der Waals surface area contributed by atoms with Crippen molar-refractivity contribution >= 4 is 29.0 Å². The Kier molecular flexibility index (Phi) is 6.42. The third kappa shape index (κ3) is 5.08. The monoisotopic (exact) mass is 386 g/mol. The van der Waals surface area contributed by atoms with Gasteiger partial charge in [0.05, 0.1) is 16.3 Å². The molecule has 0 saturated heterocycles. The number of anilines is 2. The van der Waals surface area contributed by atoms with Crippen molar-refractivity contribution < 1.29 is 18.0 Å². The van der Waals surface area contributed by atoms with E-state index in [2.05, 4.69) is 15.3 Å². The van der Waals surface area contributed by atoms with E-state index < -0.39 is 11.7 Å². The Morgan fingerprint density at radius 3 is 2.65 bits per heavy atom. The van der Waals surface area contributed by atoms with Crippen molar-refractivity contribution in [3.8, 4) is 0 Å². The van der Waals surface area contributed by atoms with E-state index in [4.69, 9.17) is 11.6 Å². The number of aromatic nitrogens is 2. The van der Waals surface area contributed by atoms with Gasteiger partial charge in [0.1, 0.15) is 17.8 Å². The van der Waals surface area contributed by atoms with Crippen molar-refractivity contribution in [3.05, 3.63) is 46.9 Å². The molecule has 0 aliphatic carbocycles. The Bertz CT molecular complexity index is 783. The summed E-state index contributed by atoms with van der Waals surface area (Å²) in [6, 6.07) is 4.31. The van der Waals surface area contributed by atoms with E-state index >= 15 is 0 Å². The van der Waals surface area contributed by atoms with E-state index in [-0.39, 0.29) is 28.1 Å². The van der Waals surface area contributed by atoms with Crippen molar-refractivity contribution in [2.45, 2.75) is 25.9 Å². The summed E-state index contributed by atoms with van der Waals surface area (Å²) in [7, 11) is 1.66. The molecule has 5 nitrogen and oxygen atoms in total. The van der Waals surface area contributed by atoms with Gasteiger partial charge in [-0.2, -0.15) is 13.2 Å². The number of benzene rings is 1. The molecule has 140 valence electrons. The number of nitrogens with zero attached hydrogens (tertiary/aromatic N) is 3. The highest BCUT2D eigenvalue weighted by Gasteiger charge is 2.31. The maximum absolute atomic E-state index is 12.9. The van der Waals surface area contributed by atoms with E-state index in [0.717, 1.165) is 31.0 Å². The summed E-state index contributed by atoms with van der Waals surface area (Å²) in [5.74, 6) is -0.118. The molecule has 0 unspecified atom stereocenters. The predicted molar refractivity (Wildman–Crippen MR) is 93.6 cm³/mol. The summed E-state index contributed by atoms with van der Waals surface area (Å²) < 4.78 is 38.6. The van der Waals surface area contributed by atoms with Crippen LogP contribution in [0.2, 0.25) is 5.02 Å². The minimum absolute atomic E-state index is 0.0397. The molecule has 0 saturated carbocycles. The molecule has 9 heteroatoms. The quantitative estimate of drug-likeness (QED) is 0.777. The van der Waals surface area contributed by atoms with Crippen LogP contribution in [0.5, 0.6) is 0 Å². The molecular formula is C17H18ClF3N4O. The van der Waals surface area contributed by atoms with Gasteiger partial charge in [-0.05, 0) is 24.6 Å². The van der Waals surface area contributed by atoms with Gasteiger partial charge < -0.3 is 10.2 Å². The first-order valence-corrected chi connectivity index (χ1v) is 8.31. The van der Waals surface area contributed by atoms with Crippen LogP contribution in [0.1, 0.15) is 35.8 Å². The highest BCUT2D eigenvalue weighted by atomic mass is 35.5. The zero-order valence-electron chi connectivity index (χ0n) is 14.3. The maximum Gasteiger partial charge on any atom is 0.416 e. The number of nitrogens with one attached hydrogen (secondary N) is 1. The van der Waals surface area contributed by atoms with Gasteiger partial charge in [0.15, 0.2) is 0 Å². The highest BCUT2D eigenvalue weighted by Crippen LogP contribution is 2.34. The molecule has 1 heterocycles. The number of unbranched alkanes of at least 4 members (excludes halogenated alkanes) is 1. The minimum atomic E-state index is -4.49. The van der Waals surface area contributed by atoms with Gasteiger partial charge in [0.25, 0.3) is 5.91 Å². The summed E-state index contributed by atoms with van der Waals surface area (Å²) in [4.78, 5) is 21.7. The van der Waals surface area contributed by atoms with Gasteiger partial charge in [-0.3, -0.25) is 4.79 Å². The van der Waals surface area contributed by atoms with E-state index in [9.17, 15) is 18.0 Å². The fourth-order valence-corrected chi connectivity index (χ4v) is 2.34. The van der Waals surface area contributed by atoms with Gasteiger partial charge in [0.2, 0.25) is 0 Å². The summed E-state index contributed by atoms with van der Waals surface area (Å²) in [6.07, 6.45) is -1.51. The SMILES string of the molecule is CCCCN(C)C(=O)c1cc(Nc2cc(C(F)(F)F)ccc2Cl)ncn1. The molecule has 0 radical (unpaired) electrons. The standard InChI is InChI=1S/C17H18ClF3N4O/c1-3-4-7-25(2)16(26)14-9-15(23-10-22-14)24-13-8-11(17(19,20)21)5-6-12(13)18/h5-6,8-10H,3-4,7H2,1-2H3,(H,22,23,24).